The van der Waals surface area contributed by atoms with E-state index in [1.54, 1.807) is 12.1 Å². The Morgan fingerprint density at radius 2 is 2.00 bits per heavy atom. The van der Waals surface area contributed by atoms with Gasteiger partial charge in [0.1, 0.15) is 5.82 Å². The first-order valence-corrected chi connectivity index (χ1v) is 6.54. The summed E-state index contributed by atoms with van der Waals surface area (Å²) in [7, 11) is 0. The summed E-state index contributed by atoms with van der Waals surface area (Å²) < 4.78 is 15.0. The Bertz CT molecular complexity index is 749. The normalized spacial score (nSPS) is 10.8. The van der Waals surface area contributed by atoms with Crippen molar-refractivity contribution in [2.45, 2.75) is 6.92 Å². The van der Waals surface area contributed by atoms with Gasteiger partial charge in [0.25, 0.3) is 0 Å². The molecule has 0 radical (unpaired) electrons. The summed E-state index contributed by atoms with van der Waals surface area (Å²) in [6.45, 7) is 1.91. The number of aromatic nitrogens is 4. The first-order valence-electron chi connectivity index (χ1n) is 6.16. The monoisotopic (exact) mass is 303 g/mol. The topological polar surface area (TPSA) is 69.6 Å². The van der Waals surface area contributed by atoms with Gasteiger partial charge in [-0.25, -0.2) is 4.39 Å². The Morgan fingerprint density at radius 3 is 2.71 bits per heavy atom. The van der Waals surface area contributed by atoms with Gasteiger partial charge in [-0.15, -0.1) is 5.10 Å². The molecule has 5 nitrogen and oxygen atoms in total. The minimum atomic E-state index is -0.529. The number of nitrogens with zero attached hydrogens (tertiary/aromatic N) is 4. The number of hydrogen-bond donors (Lipinski definition) is 1. The quantitative estimate of drug-likeness (QED) is 0.739. The highest BCUT2D eigenvalue weighted by Crippen LogP contribution is 2.25. The zero-order valence-corrected chi connectivity index (χ0v) is 11.8. The second kappa shape index (κ2) is 5.14. The van der Waals surface area contributed by atoms with Crippen LogP contribution in [0.3, 0.4) is 0 Å². The van der Waals surface area contributed by atoms with Crippen molar-refractivity contribution in [1.29, 1.82) is 0 Å². The van der Waals surface area contributed by atoms with E-state index in [4.69, 9.17) is 17.3 Å². The van der Waals surface area contributed by atoms with Crippen molar-refractivity contribution in [3.8, 4) is 17.1 Å². The molecule has 0 bridgehead atoms. The molecule has 0 aliphatic carbocycles. The van der Waals surface area contributed by atoms with Gasteiger partial charge in [-0.05, 0) is 41.1 Å². The molecule has 2 aromatic carbocycles. The van der Waals surface area contributed by atoms with Crippen molar-refractivity contribution in [2.75, 3.05) is 5.73 Å². The third kappa shape index (κ3) is 2.45. The maximum atomic E-state index is 13.6. The molecule has 21 heavy (non-hydrogen) atoms. The molecule has 0 amide bonds. The fraction of sp³-hybridized carbons (Fsp3) is 0.0714. The predicted octanol–water partition coefficient (Wildman–Crippen LogP) is 3.01. The molecule has 1 aromatic heterocycles. The van der Waals surface area contributed by atoms with Gasteiger partial charge in [0.05, 0.1) is 10.7 Å². The smallest absolute Gasteiger partial charge is 0.187 e. The van der Waals surface area contributed by atoms with Crippen LogP contribution < -0.4 is 5.73 Å². The van der Waals surface area contributed by atoms with E-state index in [1.165, 1.54) is 16.8 Å². The number of halogens is 2. The number of anilines is 1. The number of nitrogen functional groups attached to an aromatic ring is 1. The highest BCUT2D eigenvalue weighted by molar-refractivity contribution is 6.30. The van der Waals surface area contributed by atoms with Crippen molar-refractivity contribution in [3.63, 3.8) is 0 Å². The van der Waals surface area contributed by atoms with Gasteiger partial charge >= 0.3 is 0 Å². The van der Waals surface area contributed by atoms with E-state index < -0.39 is 5.82 Å². The molecule has 0 atom stereocenters. The Kier molecular flexibility index (Phi) is 3.31. The lowest BCUT2D eigenvalue weighted by molar-refractivity contribution is 0.625. The lowest BCUT2D eigenvalue weighted by atomic mass is 10.1. The maximum Gasteiger partial charge on any atom is 0.187 e. The minimum Gasteiger partial charge on any atom is -0.398 e. The lowest BCUT2D eigenvalue weighted by Crippen LogP contribution is -2.01. The van der Waals surface area contributed by atoms with Gasteiger partial charge in [0.2, 0.25) is 0 Å². The molecule has 3 rings (SSSR count). The Morgan fingerprint density at radius 1 is 1.19 bits per heavy atom. The molecule has 3 aromatic rings. The highest BCUT2D eigenvalue weighted by Gasteiger charge is 2.13. The summed E-state index contributed by atoms with van der Waals surface area (Å²) in [6.07, 6.45) is 0. The molecule has 2 N–H and O–H groups in total. The van der Waals surface area contributed by atoms with Gasteiger partial charge in [-0.3, -0.25) is 0 Å². The van der Waals surface area contributed by atoms with E-state index in [0.717, 1.165) is 11.1 Å². The SMILES string of the molecule is Cc1ccc(-c2nnnn2-c2ccc(Cl)c(F)c2)cc1N. The second-order valence-electron chi connectivity index (χ2n) is 4.58. The van der Waals surface area contributed by atoms with Crippen LogP contribution >= 0.6 is 11.6 Å². The molecule has 0 fully saturated rings. The van der Waals surface area contributed by atoms with Gasteiger partial charge in [-0.1, -0.05) is 23.7 Å². The molecule has 0 aliphatic heterocycles. The molecule has 0 aliphatic rings. The standard InChI is InChI=1S/C14H11ClFN5/c1-8-2-3-9(6-13(8)17)14-18-19-20-21(14)10-4-5-11(15)12(16)7-10/h2-7H,17H2,1H3. The number of nitrogens with two attached hydrogens (primary N) is 1. The number of hydrogen-bond acceptors (Lipinski definition) is 4. The number of benzene rings is 2. The highest BCUT2D eigenvalue weighted by atomic mass is 35.5. The molecule has 0 spiro atoms. The largest absolute Gasteiger partial charge is 0.398 e. The molecular formula is C14H11ClFN5. The Hall–Kier alpha value is -2.47. The third-order valence-corrected chi connectivity index (χ3v) is 3.46. The summed E-state index contributed by atoms with van der Waals surface area (Å²) in [5.74, 6) is -0.0533. The van der Waals surface area contributed by atoms with Crippen LogP contribution in [0.1, 0.15) is 5.56 Å². The second-order valence-corrected chi connectivity index (χ2v) is 4.99. The first kappa shape index (κ1) is 13.5. The molecular weight excluding hydrogens is 293 g/mol. The van der Waals surface area contributed by atoms with E-state index in [9.17, 15) is 4.39 Å². The summed E-state index contributed by atoms with van der Waals surface area (Å²) in [5, 5.41) is 11.6. The third-order valence-electron chi connectivity index (χ3n) is 3.15. The fourth-order valence-electron chi connectivity index (χ4n) is 1.94. The van der Waals surface area contributed by atoms with Gasteiger partial charge < -0.3 is 5.73 Å². The first-order chi connectivity index (χ1) is 10.1. The zero-order valence-electron chi connectivity index (χ0n) is 11.1. The summed E-state index contributed by atoms with van der Waals surface area (Å²) in [5.41, 5.74) is 8.75. The molecule has 0 saturated carbocycles. The van der Waals surface area contributed by atoms with Crippen LogP contribution in [0.15, 0.2) is 36.4 Å². The Balaban J connectivity index is 2.12. The van der Waals surface area contributed by atoms with Crippen LogP contribution in [0, 0.1) is 12.7 Å². The summed E-state index contributed by atoms with van der Waals surface area (Å²) >= 11 is 5.68. The summed E-state index contributed by atoms with van der Waals surface area (Å²) in [6, 6.07) is 9.90. The van der Waals surface area contributed by atoms with Crippen molar-refractivity contribution in [1.82, 2.24) is 20.2 Å². The van der Waals surface area contributed by atoms with Gasteiger partial charge in [-0.2, -0.15) is 4.68 Å². The van der Waals surface area contributed by atoms with Crippen LogP contribution in [0.2, 0.25) is 5.02 Å². The molecule has 106 valence electrons. The number of rotatable bonds is 2. The summed E-state index contributed by atoms with van der Waals surface area (Å²) in [4.78, 5) is 0. The van der Waals surface area contributed by atoms with E-state index in [2.05, 4.69) is 15.5 Å². The molecule has 1 heterocycles. The van der Waals surface area contributed by atoms with Crippen LogP contribution in [0.4, 0.5) is 10.1 Å². The number of aryl methyl sites for hydroxylation is 1. The average Bonchev–Trinajstić information content (AvgIpc) is 2.94. The van der Waals surface area contributed by atoms with E-state index in [1.807, 2.05) is 19.1 Å². The Labute approximate surface area is 125 Å². The lowest BCUT2D eigenvalue weighted by Gasteiger charge is -2.07. The maximum absolute atomic E-state index is 13.6. The van der Waals surface area contributed by atoms with Crippen molar-refractivity contribution in [3.05, 3.63) is 52.8 Å². The predicted molar refractivity (Wildman–Crippen MR) is 78.7 cm³/mol. The van der Waals surface area contributed by atoms with Gasteiger partial charge in [0.15, 0.2) is 5.82 Å². The average molecular weight is 304 g/mol. The van der Waals surface area contributed by atoms with Gasteiger partial charge in [0, 0.05) is 17.3 Å². The minimum absolute atomic E-state index is 0.0490. The van der Waals surface area contributed by atoms with Crippen molar-refractivity contribution < 1.29 is 4.39 Å². The molecule has 7 heteroatoms. The van der Waals surface area contributed by atoms with Crippen LogP contribution in [0.25, 0.3) is 17.1 Å². The van der Waals surface area contributed by atoms with E-state index >= 15 is 0 Å². The van der Waals surface area contributed by atoms with Crippen molar-refractivity contribution in [2.24, 2.45) is 0 Å². The molecule has 0 unspecified atom stereocenters. The van der Waals surface area contributed by atoms with E-state index in [0.29, 0.717) is 17.2 Å². The zero-order chi connectivity index (χ0) is 15.0. The van der Waals surface area contributed by atoms with Crippen LogP contribution in [-0.4, -0.2) is 20.2 Å². The molecule has 0 saturated heterocycles. The van der Waals surface area contributed by atoms with E-state index in [-0.39, 0.29) is 5.02 Å². The van der Waals surface area contributed by atoms with Crippen LogP contribution in [-0.2, 0) is 0 Å². The fourth-order valence-corrected chi connectivity index (χ4v) is 2.05. The number of tetrazole rings is 1. The van der Waals surface area contributed by atoms with Crippen molar-refractivity contribution >= 4 is 17.3 Å². The van der Waals surface area contributed by atoms with Crippen LogP contribution in [0.5, 0.6) is 0 Å².